The minimum absolute atomic E-state index is 0.0412. The van der Waals surface area contributed by atoms with E-state index in [2.05, 4.69) is 54.7 Å². The normalized spacial score (nSPS) is 11.8. The molecule has 0 saturated heterocycles. The molecule has 4 aromatic rings. The van der Waals surface area contributed by atoms with Crippen molar-refractivity contribution in [3.63, 3.8) is 0 Å². The largest absolute Gasteiger partial charge is 0.392 e. The van der Waals surface area contributed by atoms with Crippen molar-refractivity contribution < 1.29 is 15.3 Å². The third-order valence-corrected chi connectivity index (χ3v) is 5.89. The number of aliphatic hydroxyl groups excluding tert-OH is 3. The molecule has 0 atom stereocenters. The molecule has 0 unspecified atom stereocenters. The second-order valence-electron chi connectivity index (χ2n) is 8.63. The Hall–Kier alpha value is -4.02. The molecule has 3 nitrogen and oxygen atoms in total. The van der Waals surface area contributed by atoms with E-state index < -0.39 is 0 Å². The Morgan fingerprint density at radius 3 is 0.778 bits per heavy atom. The second kappa shape index (κ2) is 12.6. The molecule has 180 valence electrons. The number of aliphatic hydroxyl groups is 3. The zero-order chi connectivity index (χ0) is 25.2. The summed E-state index contributed by atoms with van der Waals surface area (Å²) >= 11 is 0. The molecule has 3 N–H and O–H groups in total. The zero-order valence-electron chi connectivity index (χ0n) is 20.1. The van der Waals surface area contributed by atoms with Crippen LogP contribution in [0, 0.1) is 0 Å². The van der Waals surface area contributed by atoms with E-state index in [1.54, 1.807) is 0 Å². The topological polar surface area (TPSA) is 60.7 Å². The van der Waals surface area contributed by atoms with Gasteiger partial charge in [0.15, 0.2) is 0 Å². The summed E-state index contributed by atoms with van der Waals surface area (Å²) in [5.74, 6) is 0. The van der Waals surface area contributed by atoms with Gasteiger partial charge in [-0.15, -0.1) is 0 Å². The molecule has 0 aliphatic heterocycles. The first-order chi connectivity index (χ1) is 17.6. The smallest absolute Gasteiger partial charge is 0.0681 e. The fraction of sp³-hybridized carbons (Fsp3) is 0.0909. The van der Waals surface area contributed by atoms with Gasteiger partial charge in [0.25, 0.3) is 0 Å². The first-order valence-electron chi connectivity index (χ1n) is 11.9. The maximum Gasteiger partial charge on any atom is 0.0681 e. The van der Waals surface area contributed by atoms with Crippen LogP contribution in [0.5, 0.6) is 0 Å². The van der Waals surface area contributed by atoms with Gasteiger partial charge in [-0.1, -0.05) is 109 Å². The molecule has 0 amide bonds. The van der Waals surface area contributed by atoms with Gasteiger partial charge in [0.2, 0.25) is 0 Å². The Bertz CT molecular complexity index is 1160. The van der Waals surface area contributed by atoms with Gasteiger partial charge in [-0.2, -0.15) is 0 Å². The first kappa shape index (κ1) is 25.1. The van der Waals surface area contributed by atoms with Crippen LogP contribution in [0.25, 0.3) is 36.5 Å². The lowest BCUT2D eigenvalue weighted by molar-refractivity contribution is 0.281. The number of hydrogen-bond donors (Lipinski definition) is 3. The van der Waals surface area contributed by atoms with Gasteiger partial charge >= 0.3 is 0 Å². The van der Waals surface area contributed by atoms with Crippen molar-refractivity contribution >= 4 is 36.5 Å². The minimum Gasteiger partial charge on any atom is -0.392 e. The van der Waals surface area contributed by atoms with Crippen LogP contribution in [0.3, 0.4) is 0 Å². The molecule has 4 aromatic carbocycles. The van der Waals surface area contributed by atoms with Crippen LogP contribution >= 0.6 is 0 Å². The van der Waals surface area contributed by atoms with Gasteiger partial charge in [0, 0.05) is 0 Å². The summed E-state index contributed by atoms with van der Waals surface area (Å²) in [5, 5.41) is 27.8. The number of benzene rings is 4. The van der Waals surface area contributed by atoms with E-state index >= 15 is 0 Å². The predicted molar refractivity (Wildman–Crippen MR) is 150 cm³/mol. The van der Waals surface area contributed by atoms with Crippen LogP contribution < -0.4 is 0 Å². The van der Waals surface area contributed by atoms with Crippen molar-refractivity contribution in [2.24, 2.45) is 0 Å². The van der Waals surface area contributed by atoms with E-state index in [1.165, 1.54) is 0 Å². The average molecular weight is 475 g/mol. The summed E-state index contributed by atoms with van der Waals surface area (Å²) in [7, 11) is 0. The van der Waals surface area contributed by atoms with E-state index in [-0.39, 0.29) is 19.8 Å². The Labute approximate surface area is 212 Å². The molecule has 0 bridgehead atoms. The van der Waals surface area contributed by atoms with E-state index in [4.69, 9.17) is 0 Å². The SMILES string of the molecule is OCc1ccc(/C=C/c2cc(/C=C/c3ccc(CO)cc3)cc(/C=C/c3ccc(CO)cc3)c2)cc1. The van der Waals surface area contributed by atoms with Gasteiger partial charge in [0.1, 0.15) is 0 Å². The molecular formula is C33H30O3. The third kappa shape index (κ3) is 7.24. The highest BCUT2D eigenvalue weighted by molar-refractivity contribution is 5.78. The maximum atomic E-state index is 9.26. The highest BCUT2D eigenvalue weighted by Gasteiger charge is 1.98. The van der Waals surface area contributed by atoms with Crippen LogP contribution in [0.4, 0.5) is 0 Å². The van der Waals surface area contributed by atoms with E-state index in [0.717, 1.165) is 50.1 Å². The van der Waals surface area contributed by atoms with Crippen LogP contribution in [0.15, 0.2) is 91.0 Å². The molecule has 36 heavy (non-hydrogen) atoms. The van der Waals surface area contributed by atoms with Gasteiger partial charge in [0.05, 0.1) is 19.8 Å². The molecule has 0 aliphatic carbocycles. The molecule has 0 aromatic heterocycles. The van der Waals surface area contributed by atoms with Crippen molar-refractivity contribution in [3.8, 4) is 0 Å². The van der Waals surface area contributed by atoms with Gasteiger partial charge in [-0.05, 0) is 68.3 Å². The van der Waals surface area contributed by atoms with Crippen molar-refractivity contribution in [1.82, 2.24) is 0 Å². The van der Waals surface area contributed by atoms with Gasteiger partial charge in [-0.25, -0.2) is 0 Å². The van der Waals surface area contributed by atoms with Crippen molar-refractivity contribution in [2.75, 3.05) is 0 Å². The molecule has 0 radical (unpaired) electrons. The minimum atomic E-state index is 0.0412. The lowest BCUT2D eigenvalue weighted by atomic mass is 10.0. The summed E-state index contributed by atoms with van der Waals surface area (Å²) in [6.07, 6.45) is 12.5. The lowest BCUT2D eigenvalue weighted by Gasteiger charge is -2.04. The van der Waals surface area contributed by atoms with Gasteiger partial charge in [-0.3, -0.25) is 0 Å². The monoisotopic (exact) mass is 474 g/mol. The van der Waals surface area contributed by atoms with E-state index in [1.807, 2.05) is 72.8 Å². The molecular weight excluding hydrogens is 444 g/mol. The molecule has 4 rings (SSSR count). The molecule has 0 fully saturated rings. The quantitative estimate of drug-likeness (QED) is 0.237. The van der Waals surface area contributed by atoms with Crippen molar-refractivity contribution in [1.29, 1.82) is 0 Å². The lowest BCUT2D eigenvalue weighted by Crippen LogP contribution is -1.84. The summed E-state index contributed by atoms with van der Waals surface area (Å²) < 4.78 is 0. The Balaban J connectivity index is 1.62. The Morgan fingerprint density at radius 2 is 0.556 bits per heavy atom. The van der Waals surface area contributed by atoms with Crippen LogP contribution in [0.2, 0.25) is 0 Å². The van der Waals surface area contributed by atoms with Crippen molar-refractivity contribution in [3.05, 3.63) is 141 Å². The standard InChI is InChI=1S/C33H30O3/c34-22-28-10-1-25(2-11-28)7-16-31-19-32(17-8-26-3-12-29(23-35)13-4-26)21-33(20-31)18-9-27-5-14-30(24-36)15-6-27/h1-21,34-36H,22-24H2/b16-7+,17-8+,18-9+. The molecule has 0 saturated carbocycles. The van der Waals surface area contributed by atoms with E-state index in [0.29, 0.717) is 0 Å². The fourth-order valence-electron chi connectivity index (χ4n) is 3.77. The molecule has 3 heteroatoms. The van der Waals surface area contributed by atoms with Gasteiger partial charge < -0.3 is 15.3 Å². The van der Waals surface area contributed by atoms with Crippen molar-refractivity contribution in [2.45, 2.75) is 19.8 Å². The van der Waals surface area contributed by atoms with E-state index in [9.17, 15) is 15.3 Å². The Kier molecular flexibility index (Phi) is 8.79. The summed E-state index contributed by atoms with van der Waals surface area (Å²) in [6.45, 7) is 0.124. The molecule has 0 spiro atoms. The fourth-order valence-corrected chi connectivity index (χ4v) is 3.77. The molecule has 0 aliphatic rings. The number of hydrogen-bond acceptors (Lipinski definition) is 3. The summed E-state index contributed by atoms with van der Waals surface area (Å²) in [5.41, 5.74) is 9.12. The highest BCUT2D eigenvalue weighted by atomic mass is 16.3. The van der Waals surface area contributed by atoms with Crippen LogP contribution in [0.1, 0.15) is 50.1 Å². The highest BCUT2D eigenvalue weighted by Crippen LogP contribution is 2.19. The summed E-state index contributed by atoms with van der Waals surface area (Å²) in [4.78, 5) is 0. The third-order valence-electron chi connectivity index (χ3n) is 5.89. The maximum absolute atomic E-state index is 9.26. The second-order valence-corrected chi connectivity index (χ2v) is 8.63. The summed E-state index contributed by atoms with van der Waals surface area (Å²) in [6, 6.07) is 30.0. The molecule has 0 heterocycles. The average Bonchev–Trinajstić information content (AvgIpc) is 2.94. The first-order valence-corrected chi connectivity index (χ1v) is 11.9. The Morgan fingerprint density at radius 1 is 0.333 bits per heavy atom. The van der Waals surface area contributed by atoms with Crippen LogP contribution in [-0.4, -0.2) is 15.3 Å². The van der Waals surface area contributed by atoms with Crippen LogP contribution in [-0.2, 0) is 19.8 Å². The predicted octanol–water partition coefficient (Wildman–Crippen LogP) is 6.67. The number of rotatable bonds is 9. The zero-order valence-corrected chi connectivity index (χ0v) is 20.1.